The minimum absolute atomic E-state index is 0.00405. The third-order valence-corrected chi connectivity index (χ3v) is 2.91. The molecule has 0 bridgehead atoms. The highest BCUT2D eigenvalue weighted by Gasteiger charge is 2.30. The Hall–Kier alpha value is -1.60. The molecule has 0 aliphatic carbocycles. The second-order valence-corrected chi connectivity index (χ2v) is 4.63. The zero-order chi connectivity index (χ0) is 15.9. The zero-order valence-electron chi connectivity index (χ0n) is 12.0. The third kappa shape index (κ3) is 6.14. The van der Waals surface area contributed by atoms with Crippen LogP contribution < -0.4 is 5.32 Å². The second kappa shape index (κ2) is 7.99. The molecular formula is C14H19F3N2O2. The Labute approximate surface area is 121 Å². The number of nitrogens with one attached hydrogen (secondary N) is 1. The molecule has 0 aliphatic rings. The van der Waals surface area contributed by atoms with Gasteiger partial charge >= 0.3 is 6.18 Å². The predicted octanol–water partition coefficient (Wildman–Crippen LogP) is 2.01. The van der Waals surface area contributed by atoms with Crippen LogP contribution in [0.25, 0.3) is 0 Å². The number of nitrogens with zero attached hydrogens (tertiary/aromatic N) is 1. The third-order valence-electron chi connectivity index (χ3n) is 2.91. The number of ether oxygens (including phenoxy) is 1. The van der Waals surface area contributed by atoms with Gasteiger partial charge in [0, 0.05) is 32.3 Å². The summed E-state index contributed by atoms with van der Waals surface area (Å²) >= 11 is 0. The van der Waals surface area contributed by atoms with Crippen molar-refractivity contribution < 1.29 is 22.7 Å². The number of benzene rings is 1. The molecule has 1 rings (SSSR count). The molecule has 7 heteroatoms. The van der Waals surface area contributed by atoms with E-state index in [1.807, 2.05) is 11.9 Å². The molecule has 0 saturated heterocycles. The van der Waals surface area contributed by atoms with Crippen molar-refractivity contribution in [2.45, 2.75) is 6.18 Å². The summed E-state index contributed by atoms with van der Waals surface area (Å²) in [5, 5.41) is 2.60. The molecule has 1 N–H and O–H groups in total. The predicted molar refractivity (Wildman–Crippen MR) is 73.2 cm³/mol. The monoisotopic (exact) mass is 304 g/mol. The van der Waals surface area contributed by atoms with E-state index in [9.17, 15) is 18.0 Å². The fourth-order valence-corrected chi connectivity index (χ4v) is 1.66. The van der Waals surface area contributed by atoms with E-state index in [0.29, 0.717) is 19.7 Å². The summed E-state index contributed by atoms with van der Waals surface area (Å²) in [5.41, 5.74) is -0.822. The van der Waals surface area contributed by atoms with Crippen molar-refractivity contribution in [3.8, 4) is 0 Å². The minimum atomic E-state index is -4.45. The Morgan fingerprint density at radius 3 is 2.67 bits per heavy atom. The van der Waals surface area contributed by atoms with Crippen molar-refractivity contribution in [1.82, 2.24) is 10.2 Å². The molecule has 21 heavy (non-hydrogen) atoms. The number of likely N-dealkylation sites (N-methyl/N-ethyl adjacent to an activating group) is 1. The van der Waals surface area contributed by atoms with Crippen molar-refractivity contribution in [1.29, 1.82) is 0 Å². The lowest BCUT2D eigenvalue weighted by Gasteiger charge is -2.16. The highest BCUT2D eigenvalue weighted by molar-refractivity contribution is 5.94. The van der Waals surface area contributed by atoms with Crippen LogP contribution in [-0.4, -0.2) is 51.2 Å². The number of alkyl halides is 3. The van der Waals surface area contributed by atoms with Crippen LogP contribution in [0.4, 0.5) is 13.2 Å². The standard InChI is InChI=1S/C14H19F3N2O2/c1-19(8-9-21-2)7-6-18-13(20)11-4-3-5-12(10-11)14(15,16)17/h3-5,10H,6-9H2,1-2H3,(H,18,20). The Balaban J connectivity index is 2.49. The van der Waals surface area contributed by atoms with E-state index < -0.39 is 17.6 Å². The molecule has 0 fully saturated rings. The van der Waals surface area contributed by atoms with E-state index in [0.717, 1.165) is 18.7 Å². The largest absolute Gasteiger partial charge is 0.416 e. The molecule has 0 aliphatic heterocycles. The molecular weight excluding hydrogens is 285 g/mol. The summed E-state index contributed by atoms with van der Waals surface area (Å²) in [6.07, 6.45) is -4.45. The van der Waals surface area contributed by atoms with Crippen LogP contribution in [0.1, 0.15) is 15.9 Å². The second-order valence-electron chi connectivity index (χ2n) is 4.63. The smallest absolute Gasteiger partial charge is 0.383 e. The normalized spacial score (nSPS) is 11.7. The van der Waals surface area contributed by atoms with Gasteiger partial charge in [-0.2, -0.15) is 13.2 Å². The van der Waals surface area contributed by atoms with Crippen LogP contribution in [0.2, 0.25) is 0 Å². The number of hydrogen-bond donors (Lipinski definition) is 1. The van der Waals surface area contributed by atoms with Gasteiger partial charge in [-0.3, -0.25) is 4.79 Å². The number of carbonyl (C=O) groups excluding carboxylic acids is 1. The number of halogens is 3. The number of rotatable bonds is 7. The average molecular weight is 304 g/mol. The van der Waals surface area contributed by atoms with E-state index >= 15 is 0 Å². The SMILES string of the molecule is COCCN(C)CCNC(=O)c1cccc(C(F)(F)F)c1. The lowest BCUT2D eigenvalue weighted by atomic mass is 10.1. The van der Waals surface area contributed by atoms with Crippen molar-refractivity contribution in [3.05, 3.63) is 35.4 Å². The Bertz CT molecular complexity index is 464. The lowest BCUT2D eigenvalue weighted by Crippen LogP contribution is -2.34. The molecule has 0 atom stereocenters. The van der Waals surface area contributed by atoms with Gasteiger partial charge in [0.15, 0.2) is 0 Å². The summed E-state index contributed by atoms with van der Waals surface area (Å²) in [7, 11) is 3.47. The van der Waals surface area contributed by atoms with Crippen LogP contribution in [0.3, 0.4) is 0 Å². The molecule has 1 amide bonds. The molecule has 0 saturated carbocycles. The number of carbonyl (C=O) groups is 1. The van der Waals surface area contributed by atoms with Crippen LogP contribution in [0.5, 0.6) is 0 Å². The minimum Gasteiger partial charge on any atom is -0.383 e. The van der Waals surface area contributed by atoms with Gasteiger partial charge in [-0.15, -0.1) is 0 Å². The van der Waals surface area contributed by atoms with Gasteiger partial charge in [0.05, 0.1) is 12.2 Å². The van der Waals surface area contributed by atoms with E-state index in [4.69, 9.17) is 4.74 Å². The van der Waals surface area contributed by atoms with Gasteiger partial charge in [-0.1, -0.05) is 6.07 Å². The fraction of sp³-hybridized carbons (Fsp3) is 0.500. The van der Waals surface area contributed by atoms with E-state index in [2.05, 4.69) is 5.32 Å². The van der Waals surface area contributed by atoms with Crippen LogP contribution in [0.15, 0.2) is 24.3 Å². The highest BCUT2D eigenvalue weighted by atomic mass is 19.4. The summed E-state index contributed by atoms with van der Waals surface area (Å²) < 4.78 is 42.6. The Morgan fingerprint density at radius 1 is 1.33 bits per heavy atom. The molecule has 0 spiro atoms. The molecule has 0 aromatic heterocycles. The Kier molecular flexibility index (Phi) is 6.64. The van der Waals surface area contributed by atoms with E-state index in [1.54, 1.807) is 7.11 Å². The van der Waals surface area contributed by atoms with Gasteiger partial charge in [0.1, 0.15) is 0 Å². The molecule has 0 heterocycles. The van der Waals surface area contributed by atoms with Crippen LogP contribution >= 0.6 is 0 Å². The first-order valence-corrected chi connectivity index (χ1v) is 6.47. The van der Waals surface area contributed by atoms with Gasteiger partial charge < -0.3 is 15.0 Å². The quantitative estimate of drug-likeness (QED) is 0.838. The van der Waals surface area contributed by atoms with E-state index in [-0.39, 0.29) is 5.56 Å². The molecule has 0 unspecified atom stereocenters. The first-order valence-electron chi connectivity index (χ1n) is 6.47. The van der Waals surface area contributed by atoms with Gasteiger partial charge in [-0.05, 0) is 25.2 Å². The van der Waals surface area contributed by atoms with Crippen LogP contribution in [0, 0.1) is 0 Å². The van der Waals surface area contributed by atoms with Gasteiger partial charge in [0.25, 0.3) is 5.91 Å². The summed E-state index contributed by atoms with van der Waals surface area (Å²) in [6, 6.07) is 4.38. The van der Waals surface area contributed by atoms with Gasteiger partial charge in [-0.25, -0.2) is 0 Å². The molecule has 1 aromatic rings. The van der Waals surface area contributed by atoms with Crippen molar-refractivity contribution in [2.75, 3.05) is 40.4 Å². The van der Waals surface area contributed by atoms with Gasteiger partial charge in [0.2, 0.25) is 0 Å². The molecule has 118 valence electrons. The topological polar surface area (TPSA) is 41.6 Å². The molecule has 0 radical (unpaired) electrons. The van der Waals surface area contributed by atoms with Crippen molar-refractivity contribution in [2.24, 2.45) is 0 Å². The maximum atomic E-state index is 12.6. The number of methoxy groups -OCH3 is 1. The Morgan fingerprint density at radius 2 is 2.05 bits per heavy atom. The summed E-state index contributed by atoms with van der Waals surface area (Å²) in [4.78, 5) is 13.8. The fourth-order valence-electron chi connectivity index (χ4n) is 1.66. The van der Waals surface area contributed by atoms with Crippen LogP contribution in [-0.2, 0) is 10.9 Å². The number of amides is 1. The van der Waals surface area contributed by atoms with Crippen molar-refractivity contribution >= 4 is 5.91 Å². The maximum absolute atomic E-state index is 12.6. The lowest BCUT2D eigenvalue weighted by molar-refractivity contribution is -0.137. The maximum Gasteiger partial charge on any atom is 0.416 e. The number of hydrogen-bond acceptors (Lipinski definition) is 3. The summed E-state index contributed by atoms with van der Waals surface area (Å²) in [5.74, 6) is -0.513. The molecule has 1 aromatic carbocycles. The first kappa shape index (κ1) is 17.5. The zero-order valence-corrected chi connectivity index (χ0v) is 12.0. The first-order chi connectivity index (χ1) is 9.84. The average Bonchev–Trinajstić information content (AvgIpc) is 2.44. The molecule has 4 nitrogen and oxygen atoms in total. The summed E-state index contributed by atoms with van der Waals surface area (Å²) in [6.45, 7) is 2.25. The van der Waals surface area contributed by atoms with E-state index in [1.165, 1.54) is 12.1 Å². The highest BCUT2D eigenvalue weighted by Crippen LogP contribution is 2.29. The van der Waals surface area contributed by atoms with Crippen molar-refractivity contribution in [3.63, 3.8) is 0 Å².